The van der Waals surface area contributed by atoms with Crippen molar-refractivity contribution in [3.63, 3.8) is 0 Å². The second-order valence-corrected chi connectivity index (χ2v) is 5.79. The summed E-state index contributed by atoms with van der Waals surface area (Å²) in [6.45, 7) is 1.29. The Labute approximate surface area is 130 Å². The summed E-state index contributed by atoms with van der Waals surface area (Å²) in [5.41, 5.74) is 1.18. The van der Waals surface area contributed by atoms with Crippen LogP contribution in [-0.2, 0) is 17.9 Å². The summed E-state index contributed by atoms with van der Waals surface area (Å²) in [7, 11) is 3.52. The number of nitrogens with zero attached hydrogens (tertiary/aromatic N) is 3. The maximum absolute atomic E-state index is 12.0. The maximum Gasteiger partial charge on any atom is 0.225 e. The van der Waals surface area contributed by atoms with Gasteiger partial charge in [0.15, 0.2) is 0 Å². The van der Waals surface area contributed by atoms with Gasteiger partial charge in [-0.1, -0.05) is 12.1 Å². The molecule has 1 aliphatic rings. The van der Waals surface area contributed by atoms with Gasteiger partial charge in [0.1, 0.15) is 11.6 Å². The Morgan fingerprint density at radius 1 is 1.36 bits per heavy atom. The highest BCUT2D eigenvalue weighted by Crippen LogP contribution is 2.30. The molecule has 1 aromatic heterocycles. The average Bonchev–Trinajstić information content (AvgIpc) is 3.30. The number of aromatic nitrogens is 2. The average molecular weight is 299 g/mol. The van der Waals surface area contributed by atoms with Crippen molar-refractivity contribution in [3.8, 4) is 5.75 Å². The molecule has 2 aromatic rings. The van der Waals surface area contributed by atoms with Gasteiger partial charge < -0.3 is 14.2 Å². The monoisotopic (exact) mass is 299 g/mol. The molecule has 0 atom stereocenters. The molecule has 5 heteroatoms. The summed E-state index contributed by atoms with van der Waals surface area (Å²) < 4.78 is 7.25. The lowest BCUT2D eigenvalue weighted by Crippen LogP contribution is -2.29. The minimum absolute atomic E-state index is 0.235. The molecule has 0 spiro atoms. The quantitative estimate of drug-likeness (QED) is 0.822. The Hall–Kier alpha value is -2.30. The zero-order valence-corrected chi connectivity index (χ0v) is 13.0. The van der Waals surface area contributed by atoms with E-state index in [4.69, 9.17) is 4.74 Å². The van der Waals surface area contributed by atoms with Crippen LogP contribution >= 0.6 is 0 Å². The molecule has 0 saturated heterocycles. The van der Waals surface area contributed by atoms with E-state index in [0.717, 1.165) is 31.0 Å². The third-order valence-corrected chi connectivity index (χ3v) is 4.00. The third kappa shape index (κ3) is 3.30. The van der Waals surface area contributed by atoms with Gasteiger partial charge in [0.2, 0.25) is 5.91 Å². The van der Waals surface area contributed by atoms with Crippen molar-refractivity contribution in [2.24, 2.45) is 5.92 Å². The molecule has 116 valence electrons. The van der Waals surface area contributed by atoms with Crippen molar-refractivity contribution in [2.75, 3.05) is 14.2 Å². The number of carbonyl (C=O) groups excluding carboxylic acids is 1. The fourth-order valence-corrected chi connectivity index (χ4v) is 2.50. The van der Waals surface area contributed by atoms with Crippen LogP contribution in [0.3, 0.4) is 0 Å². The van der Waals surface area contributed by atoms with Gasteiger partial charge in [-0.15, -0.1) is 0 Å². The minimum atomic E-state index is 0.235. The molecule has 1 amide bonds. The van der Waals surface area contributed by atoms with Crippen molar-refractivity contribution in [2.45, 2.75) is 25.9 Å². The van der Waals surface area contributed by atoms with E-state index in [1.54, 1.807) is 18.2 Å². The normalized spacial score (nSPS) is 13.9. The van der Waals surface area contributed by atoms with E-state index in [9.17, 15) is 4.79 Å². The topological polar surface area (TPSA) is 47.4 Å². The first-order chi connectivity index (χ1) is 10.7. The molecule has 5 nitrogen and oxygen atoms in total. The van der Waals surface area contributed by atoms with Gasteiger partial charge in [-0.2, -0.15) is 0 Å². The Balaban J connectivity index is 1.67. The lowest BCUT2D eigenvalue weighted by Gasteiger charge is -2.17. The molecule has 0 radical (unpaired) electrons. The van der Waals surface area contributed by atoms with E-state index in [2.05, 4.69) is 9.55 Å². The molecule has 22 heavy (non-hydrogen) atoms. The Morgan fingerprint density at radius 3 is 2.73 bits per heavy atom. The van der Waals surface area contributed by atoms with Gasteiger partial charge >= 0.3 is 0 Å². The smallest absolute Gasteiger partial charge is 0.225 e. The highest BCUT2D eigenvalue weighted by molar-refractivity contribution is 5.80. The molecular formula is C17H21N3O2. The molecular weight excluding hydrogens is 278 g/mol. The van der Waals surface area contributed by atoms with Gasteiger partial charge in [-0.25, -0.2) is 4.98 Å². The van der Waals surface area contributed by atoms with Crippen LogP contribution in [-0.4, -0.2) is 34.5 Å². The predicted octanol–water partition coefficient (Wildman–Crippen LogP) is 2.31. The lowest BCUT2D eigenvalue weighted by molar-refractivity contribution is -0.131. The van der Waals surface area contributed by atoms with Crippen LogP contribution in [0.2, 0.25) is 0 Å². The second kappa shape index (κ2) is 6.22. The summed E-state index contributed by atoms with van der Waals surface area (Å²) >= 11 is 0. The number of amides is 1. The molecule has 0 bridgehead atoms. The SMILES string of the molecule is COc1ccc(Cn2ccnc2CN(C)C(=O)C2CC2)cc1. The van der Waals surface area contributed by atoms with E-state index in [0.29, 0.717) is 6.54 Å². The highest BCUT2D eigenvalue weighted by Gasteiger charge is 2.32. The number of imidazole rings is 1. The zero-order chi connectivity index (χ0) is 15.5. The summed E-state index contributed by atoms with van der Waals surface area (Å²) in [6.07, 6.45) is 5.80. The van der Waals surface area contributed by atoms with Crippen molar-refractivity contribution in [3.05, 3.63) is 48.0 Å². The van der Waals surface area contributed by atoms with Crippen molar-refractivity contribution in [1.82, 2.24) is 14.5 Å². The Bertz CT molecular complexity index is 644. The first kappa shape index (κ1) is 14.6. The highest BCUT2D eigenvalue weighted by atomic mass is 16.5. The van der Waals surface area contributed by atoms with Gasteiger partial charge in [0.05, 0.1) is 13.7 Å². The zero-order valence-electron chi connectivity index (χ0n) is 13.0. The van der Waals surface area contributed by atoms with Gasteiger partial charge in [0, 0.05) is 31.9 Å². The van der Waals surface area contributed by atoms with Crippen LogP contribution in [0.1, 0.15) is 24.2 Å². The van der Waals surface area contributed by atoms with E-state index in [1.165, 1.54) is 5.56 Å². The van der Waals surface area contributed by atoms with Crippen LogP contribution in [0.25, 0.3) is 0 Å². The number of methoxy groups -OCH3 is 1. The standard InChI is InChI=1S/C17H21N3O2/c1-19(17(21)14-5-6-14)12-16-18-9-10-20(16)11-13-3-7-15(22-2)8-4-13/h3-4,7-10,14H,5-6,11-12H2,1-2H3. The molecule has 1 fully saturated rings. The molecule has 0 unspecified atom stereocenters. The van der Waals surface area contributed by atoms with E-state index >= 15 is 0 Å². The van der Waals surface area contributed by atoms with Crippen LogP contribution < -0.4 is 4.74 Å². The Morgan fingerprint density at radius 2 is 2.09 bits per heavy atom. The largest absolute Gasteiger partial charge is 0.497 e. The van der Waals surface area contributed by atoms with Crippen molar-refractivity contribution in [1.29, 1.82) is 0 Å². The number of ether oxygens (including phenoxy) is 1. The molecule has 1 aliphatic carbocycles. The number of hydrogen-bond acceptors (Lipinski definition) is 3. The van der Waals surface area contributed by atoms with Gasteiger partial charge in [-0.05, 0) is 30.5 Å². The summed E-state index contributed by atoms with van der Waals surface area (Å²) in [4.78, 5) is 18.2. The molecule has 0 aliphatic heterocycles. The fourth-order valence-electron chi connectivity index (χ4n) is 2.50. The molecule has 3 rings (SSSR count). The van der Waals surface area contributed by atoms with Crippen molar-refractivity contribution >= 4 is 5.91 Å². The van der Waals surface area contributed by atoms with E-state index in [1.807, 2.05) is 37.5 Å². The number of benzene rings is 1. The first-order valence-electron chi connectivity index (χ1n) is 7.55. The van der Waals surface area contributed by atoms with Crippen LogP contribution in [0, 0.1) is 5.92 Å². The number of hydrogen-bond donors (Lipinski definition) is 0. The minimum Gasteiger partial charge on any atom is -0.497 e. The number of carbonyl (C=O) groups is 1. The van der Waals surface area contributed by atoms with Gasteiger partial charge in [0.25, 0.3) is 0 Å². The van der Waals surface area contributed by atoms with Crippen LogP contribution in [0.5, 0.6) is 5.75 Å². The van der Waals surface area contributed by atoms with Crippen LogP contribution in [0.15, 0.2) is 36.7 Å². The molecule has 1 heterocycles. The lowest BCUT2D eigenvalue weighted by atomic mass is 10.2. The molecule has 1 saturated carbocycles. The third-order valence-electron chi connectivity index (χ3n) is 4.00. The maximum atomic E-state index is 12.0. The Kier molecular flexibility index (Phi) is 4.13. The first-order valence-corrected chi connectivity index (χ1v) is 7.55. The number of rotatable bonds is 6. The van der Waals surface area contributed by atoms with Crippen molar-refractivity contribution < 1.29 is 9.53 Å². The molecule has 1 aromatic carbocycles. The summed E-state index contributed by atoms with van der Waals surface area (Å²) in [6, 6.07) is 7.99. The second-order valence-electron chi connectivity index (χ2n) is 5.79. The predicted molar refractivity (Wildman–Crippen MR) is 83.5 cm³/mol. The summed E-state index contributed by atoms with van der Waals surface area (Å²) in [5, 5.41) is 0. The van der Waals surface area contributed by atoms with E-state index in [-0.39, 0.29) is 11.8 Å². The summed E-state index contributed by atoms with van der Waals surface area (Å²) in [5.74, 6) is 2.24. The molecule has 0 N–H and O–H groups in total. The van der Waals surface area contributed by atoms with E-state index < -0.39 is 0 Å². The van der Waals surface area contributed by atoms with Gasteiger partial charge in [-0.3, -0.25) is 4.79 Å². The van der Waals surface area contributed by atoms with Crippen LogP contribution in [0.4, 0.5) is 0 Å². The fraction of sp³-hybridized carbons (Fsp3) is 0.412.